The van der Waals surface area contributed by atoms with Crippen molar-refractivity contribution in [1.29, 1.82) is 0 Å². The number of hydrogen-bond acceptors (Lipinski definition) is 3. The lowest BCUT2D eigenvalue weighted by atomic mass is 10.00. The Kier molecular flexibility index (Phi) is 9.02. The van der Waals surface area contributed by atoms with Gasteiger partial charge in [0.05, 0.1) is 0 Å². The summed E-state index contributed by atoms with van der Waals surface area (Å²) >= 11 is 0. The zero-order valence-electron chi connectivity index (χ0n) is 17.0. The quantitative estimate of drug-likeness (QED) is 0.780. The molecule has 0 aliphatic heterocycles. The topological polar surface area (TPSA) is 92.9 Å². The average Bonchev–Trinajstić information content (AvgIpc) is 2.60. The van der Waals surface area contributed by atoms with Crippen LogP contribution in [0.1, 0.15) is 38.8 Å². The summed E-state index contributed by atoms with van der Waals surface area (Å²) < 4.78 is 5.56. The van der Waals surface area contributed by atoms with Crippen LogP contribution < -0.4 is 5.73 Å². The minimum absolute atomic E-state index is 0.0515. The highest BCUT2D eigenvalue weighted by Gasteiger charge is 2.32. The molecule has 28 heavy (non-hydrogen) atoms. The smallest absolute Gasteiger partial charge is 0.410 e. The van der Waals surface area contributed by atoms with Gasteiger partial charge in [-0.25, -0.2) is 9.59 Å². The standard InChI is InChI=1S/C21H27NO2.CH3NO2/c1-17(15-18-11-7-5-8-12-18)22(21(2,3)4)20(23)24-16-19-13-9-6-10-14-19;2-1(3)4/h5-14,17H,15-16H2,1-4H3;2H2,(H,3,4)/t17-;/m0./s1. The number of hydrogen-bond donors (Lipinski definition) is 2. The molecule has 0 spiro atoms. The molecular weight excluding hydrogens is 356 g/mol. The number of amides is 2. The maximum absolute atomic E-state index is 12.7. The number of primary amides is 1. The van der Waals surface area contributed by atoms with Crippen molar-refractivity contribution in [3.63, 3.8) is 0 Å². The van der Waals surface area contributed by atoms with Crippen LogP contribution in [0, 0.1) is 0 Å². The Morgan fingerprint density at radius 1 is 1.00 bits per heavy atom. The van der Waals surface area contributed by atoms with Gasteiger partial charge >= 0.3 is 12.2 Å². The lowest BCUT2D eigenvalue weighted by Gasteiger charge is -2.39. The Hall–Kier alpha value is -3.02. The molecule has 0 saturated carbocycles. The zero-order valence-corrected chi connectivity index (χ0v) is 17.0. The zero-order chi connectivity index (χ0) is 21.2. The van der Waals surface area contributed by atoms with Gasteiger partial charge in [0.15, 0.2) is 0 Å². The number of nitrogens with two attached hydrogens (primary N) is 1. The molecule has 152 valence electrons. The molecule has 0 heterocycles. The molecule has 2 aromatic rings. The number of carbonyl (C=O) groups excluding carboxylic acids is 1. The number of rotatable bonds is 5. The van der Waals surface area contributed by atoms with Crippen LogP contribution in [0.15, 0.2) is 60.7 Å². The molecule has 3 N–H and O–H groups in total. The van der Waals surface area contributed by atoms with E-state index in [2.05, 4.69) is 24.8 Å². The first-order valence-corrected chi connectivity index (χ1v) is 9.13. The molecule has 6 heteroatoms. The summed E-state index contributed by atoms with van der Waals surface area (Å²) in [5.41, 5.74) is 5.94. The average molecular weight is 386 g/mol. The third-order valence-electron chi connectivity index (χ3n) is 3.94. The minimum atomic E-state index is -1.33. The van der Waals surface area contributed by atoms with E-state index in [4.69, 9.17) is 14.6 Å². The van der Waals surface area contributed by atoms with E-state index < -0.39 is 6.09 Å². The minimum Gasteiger partial charge on any atom is -0.465 e. The van der Waals surface area contributed by atoms with Gasteiger partial charge in [0.2, 0.25) is 0 Å². The van der Waals surface area contributed by atoms with Crippen LogP contribution in [0.25, 0.3) is 0 Å². The first-order valence-electron chi connectivity index (χ1n) is 9.13. The van der Waals surface area contributed by atoms with E-state index in [9.17, 15) is 4.79 Å². The van der Waals surface area contributed by atoms with Gasteiger partial charge < -0.3 is 20.5 Å². The molecule has 1 atom stereocenters. The van der Waals surface area contributed by atoms with Crippen LogP contribution >= 0.6 is 0 Å². The Bertz CT molecular complexity index is 723. The molecule has 2 rings (SSSR count). The number of carboxylic acid groups (broad SMARTS) is 1. The second-order valence-electron chi connectivity index (χ2n) is 7.46. The van der Waals surface area contributed by atoms with E-state index in [1.54, 1.807) is 0 Å². The lowest BCUT2D eigenvalue weighted by Crippen LogP contribution is -2.51. The van der Waals surface area contributed by atoms with E-state index in [1.165, 1.54) is 5.56 Å². The second kappa shape index (κ2) is 11.0. The van der Waals surface area contributed by atoms with Gasteiger partial charge in [-0.3, -0.25) is 0 Å². The number of ether oxygens (including phenoxy) is 1. The molecule has 0 bridgehead atoms. The Balaban J connectivity index is 0.000000892. The third kappa shape index (κ3) is 8.58. The number of nitrogens with zero attached hydrogens (tertiary/aromatic N) is 1. The van der Waals surface area contributed by atoms with Crippen LogP contribution in [-0.2, 0) is 17.8 Å². The highest BCUT2D eigenvalue weighted by molar-refractivity contribution is 5.69. The molecule has 0 aromatic heterocycles. The summed E-state index contributed by atoms with van der Waals surface area (Å²) in [6, 6.07) is 20.1. The maximum Gasteiger partial charge on any atom is 0.410 e. The third-order valence-corrected chi connectivity index (χ3v) is 3.94. The highest BCUT2D eigenvalue weighted by Crippen LogP contribution is 2.21. The molecule has 0 fully saturated rings. The van der Waals surface area contributed by atoms with Gasteiger partial charge in [0.25, 0.3) is 0 Å². The van der Waals surface area contributed by atoms with Crippen molar-refractivity contribution in [2.45, 2.75) is 52.3 Å². The van der Waals surface area contributed by atoms with Crippen LogP contribution in [0.3, 0.4) is 0 Å². The van der Waals surface area contributed by atoms with Gasteiger partial charge in [-0.05, 0) is 45.2 Å². The predicted molar refractivity (Wildman–Crippen MR) is 110 cm³/mol. The van der Waals surface area contributed by atoms with Gasteiger partial charge in [-0.1, -0.05) is 60.7 Å². The van der Waals surface area contributed by atoms with E-state index in [0.717, 1.165) is 12.0 Å². The molecule has 2 aromatic carbocycles. The van der Waals surface area contributed by atoms with Gasteiger partial charge in [-0.15, -0.1) is 0 Å². The summed E-state index contributed by atoms with van der Waals surface area (Å²) in [4.78, 5) is 23.3. The fourth-order valence-corrected chi connectivity index (χ4v) is 2.95. The van der Waals surface area contributed by atoms with Gasteiger partial charge in [0, 0.05) is 11.6 Å². The SMILES string of the molecule is C[C@@H](Cc1ccccc1)N(C(=O)OCc1ccccc1)C(C)(C)C.NC(=O)O. The Morgan fingerprint density at radius 2 is 1.43 bits per heavy atom. The van der Waals surface area contributed by atoms with Crippen molar-refractivity contribution >= 4 is 12.2 Å². The van der Waals surface area contributed by atoms with Crippen LogP contribution in [0.2, 0.25) is 0 Å². The van der Waals surface area contributed by atoms with Crippen molar-refractivity contribution in [3.8, 4) is 0 Å². The maximum atomic E-state index is 12.7. The largest absolute Gasteiger partial charge is 0.465 e. The van der Waals surface area contributed by atoms with Gasteiger partial charge in [0.1, 0.15) is 6.61 Å². The lowest BCUT2D eigenvalue weighted by molar-refractivity contribution is 0.0437. The molecule has 0 aliphatic rings. The summed E-state index contributed by atoms with van der Waals surface area (Å²) in [6.45, 7) is 8.49. The monoisotopic (exact) mass is 386 g/mol. The molecule has 2 amide bonds. The molecule has 0 unspecified atom stereocenters. The second-order valence-corrected chi connectivity index (χ2v) is 7.46. The van der Waals surface area contributed by atoms with Crippen LogP contribution in [0.4, 0.5) is 9.59 Å². The van der Waals surface area contributed by atoms with Crippen molar-refractivity contribution < 1.29 is 19.4 Å². The summed E-state index contributed by atoms with van der Waals surface area (Å²) in [7, 11) is 0. The van der Waals surface area contributed by atoms with E-state index in [0.29, 0.717) is 6.61 Å². The van der Waals surface area contributed by atoms with Gasteiger partial charge in [-0.2, -0.15) is 0 Å². The van der Waals surface area contributed by atoms with E-state index in [-0.39, 0.29) is 17.7 Å². The van der Waals surface area contributed by atoms with Crippen molar-refractivity contribution in [2.75, 3.05) is 0 Å². The first kappa shape index (κ1) is 23.0. The number of benzene rings is 2. The Labute approximate surface area is 166 Å². The molecule has 0 aliphatic carbocycles. The summed E-state index contributed by atoms with van der Waals surface area (Å²) in [6.07, 6.45) is -0.798. The van der Waals surface area contributed by atoms with Crippen LogP contribution in [0.5, 0.6) is 0 Å². The molecule has 0 saturated heterocycles. The highest BCUT2D eigenvalue weighted by atomic mass is 16.6. The van der Waals surface area contributed by atoms with E-state index in [1.807, 2.05) is 74.2 Å². The summed E-state index contributed by atoms with van der Waals surface area (Å²) in [5.74, 6) is 0. The Morgan fingerprint density at radius 3 is 1.86 bits per heavy atom. The number of carbonyl (C=O) groups is 2. The van der Waals surface area contributed by atoms with Crippen molar-refractivity contribution in [1.82, 2.24) is 4.90 Å². The van der Waals surface area contributed by atoms with Crippen molar-refractivity contribution in [3.05, 3.63) is 71.8 Å². The molecule has 0 radical (unpaired) electrons. The molecule has 6 nitrogen and oxygen atoms in total. The fourth-order valence-electron chi connectivity index (χ4n) is 2.95. The predicted octanol–water partition coefficient (Wildman–Crippen LogP) is 4.68. The normalized spacial score (nSPS) is 11.6. The van der Waals surface area contributed by atoms with Crippen molar-refractivity contribution in [2.24, 2.45) is 5.73 Å². The molecular formula is C22H30N2O4. The summed E-state index contributed by atoms with van der Waals surface area (Å²) in [5, 5.41) is 7.19. The first-order chi connectivity index (χ1) is 13.1. The van der Waals surface area contributed by atoms with E-state index >= 15 is 0 Å². The fraction of sp³-hybridized carbons (Fsp3) is 0.364. The van der Waals surface area contributed by atoms with Crippen LogP contribution in [-0.4, -0.2) is 33.8 Å².